The summed E-state index contributed by atoms with van der Waals surface area (Å²) in [7, 11) is 0. The van der Waals surface area contributed by atoms with Crippen LogP contribution in [0.2, 0.25) is 0 Å². The van der Waals surface area contributed by atoms with Gasteiger partial charge in [0.2, 0.25) is 5.91 Å². The van der Waals surface area contributed by atoms with Crippen LogP contribution in [0.25, 0.3) is 10.9 Å². The zero-order valence-corrected chi connectivity index (χ0v) is 13.7. The van der Waals surface area contributed by atoms with E-state index in [0.717, 1.165) is 4.47 Å². The standard InChI is InChI=1S/C15H14BrN3O4/c16-9-3-4-11-10(6-9)14(21)18(8-17-11)7-13(20)19-5-1-2-12(19)15(22)23/h3-4,6,8,12H,1-2,5,7H2,(H,22,23)/t12-/m1/s1. The third-order valence-electron chi connectivity index (χ3n) is 3.95. The van der Waals surface area contributed by atoms with E-state index in [4.69, 9.17) is 5.11 Å². The molecule has 23 heavy (non-hydrogen) atoms. The number of rotatable bonds is 3. The molecule has 1 aliphatic rings. The SMILES string of the molecule is O=C(O)[C@H]1CCCN1C(=O)Cn1cnc2ccc(Br)cc2c1=O. The Bertz CT molecular complexity index is 848. The highest BCUT2D eigenvalue weighted by Crippen LogP contribution is 2.18. The molecule has 8 heteroatoms. The first-order chi connectivity index (χ1) is 11.0. The Hall–Kier alpha value is -2.22. The number of carboxylic acids is 1. The molecule has 0 spiro atoms. The van der Waals surface area contributed by atoms with Gasteiger partial charge in [-0.1, -0.05) is 15.9 Å². The number of halogens is 1. The molecule has 1 aromatic carbocycles. The molecule has 1 aliphatic heterocycles. The van der Waals surface area contributed by atoms with Crippen LogP contribution < -0.4 is 5.56 Å². The second-order valence-corrected chi connectivity index (χ2v) is 6.34. The van der Waals surface area contributed by atoms with E-state index in [2.05, 4.69) is 20.9 Å². The lowest BCUT2D eigenvalue weighted by Crippen LogP contribution is -2.43. The van der Waals surface area contributed by atoms with Gasteiger partial charge in [0.05, 0.1) is 17.2 Å². The van der Waals surface area contributed by atoms with Crippen LogP contribution in [0.15, 0.2) is 33.8 Å². The van der Waals surface area contributed by atoms with Gasteiger partial charge in [0.25, 0.3) is 5.56 Å². The normalized spacial score (nSPS) is 17.6. The summed E-state index contributed by atoms with van der Waals surface area (Å²) in [6.07, 6.45) is 2.42. The fraction of sp³-hybridized carbons (Fsp3) is 0.333. The predicted molar refractivity (Wildman–Crippen MR) is 86.1 cm³/mol. The summed E-state index contributed by atoms with van der Waals surface area (Å²) >= 11 is 3.30. The monoisotopic (exact) mass is 379 g/mol. The van der Waals surface area contributed by atoms with Crippen molar-refractivity contribution in [3.63, 3.8) is 0 Å². The quantitative estimate of drug-likeness (QED) is 0.865. The maximum atomic E-state index is 12.5. The number of hydrogen-bond donors (Lipinski definition) is 1. The van der Waals surface area contributed by atoms with Crippen LogP contribution in [0.3, 0.4) is 0 Å². The molecule has 7 nitrogen and oxygen atoms in total. The second kappa shape index (κ2) is 6.11. The Morgan fingerprint density at radius 3 is 2.91 bits per heavy atom. The van der Waals surface area contributed by atoms with Crippen molar-refractivity contribution in [2.45, 2.75) is 25.4 Å². The summed E-state index contributed by atoms with van der Waals surface area (Å²) in [5.74, 6) is -1.39. The van der Waals surface area contributed by atoms with Crippen molar-refractivity contribution in [2.75, 3.05) is 6.54 Å². The van der Waals surface area contributed by atoms with E-state index in [0.29, 0.717) is 30.3 Å². The van der Waals surface area contributed by atoms with Crippen molar-refractivity contribution in [1.82, 2.24) is 14.5 Å². The number of carbonyl (C=O) groups is 2. The van der Waals surface area contributed by atoms with Crippen LogP contribution in [0.4, 0.5) is 0 Å². The predicted octanol–water partition coefficient (Wildman–Crippen LogP) is 1.23. The second-order valence-electron chi connectivity index (χ2n) is 5.42. The van der Waals surface area contributed by atoms with Crippen molar-refractivity contribution in [3.05, 3.63) is 39.4 Å². The summed E-state index contributed by atoms with van der Waals surface area (Å²) in [6, 6.07) is 4.35. The lowest BCUT2D eigenvalue weighted by atomic mass is 10.2. The Balaban J connectivity index is 1.89. The van der Waals surface area contributed by atoms with Gasteiger partial charge in [-0.15, -0.1) is 0 Å². The molecular weight excluding hydrogens is 366 g/mol. The van der Waals surface area contributed by atoms with Gasteiger partial charge in [0.1, 0.15) is 12.6 Å². The van der Waals surface area contributed by atoms with E-state index in [1.807, 2.05) is 0 Å². The first kappa shape index (κ1) is 15.7. The van der Waals surface area contributed by atoms with E-state index >= 15 is 0 Å². The highest BCUT2D eigenvalue weighted by Gasteiger charge is 2.33. The molecule has 1 amide bonds. The highest BCUT2D eigenvalue weighted by atomic mass is 79.9. The average molecular weight is 380 g/mol. The van der Waals surface area contributed by atoms with Gasteiger partial charge in [-0.3, -0.25) is 14.2 Å². The Morgan fingerprint density at radius 1 is 1.39 bits per heavy atom. The van der Waals surface area contributed by atoms with E-state index in [9.17, 15) is 14.4 Å². The summed E-state index contributed by atoms with van der Waals surface area (Å²) in [4.78, 5) is 41.5. The minimum absolute atomic E-state index is 0.210. The highest BCUT2D eigenvalue weighted by molar-refractivity contribution is 9.10. The molecule has 1 N–H and O–H groups in total. The largest absolute Gasteiger partial charge is 0.480 e. The number of carbonyl (C=O) groups excluding carboxylic acids is 1. The summed E-state index contributed by atoms with van der Waals surface area (Å²) in [5.41, 5.74) is 0.224. The third-order valence-corrected chi connectivity index (χ3v) is 4.44. The Labute approximate surface area is 139 Å². The molecule has 0 radical (unpaired) electrons. The van der Waals surface area contributed by atoms with Crippen molar-refractivity contribution < 1.29 is 14.7 Å². The van der Waals surface area contributed by atoms with Gasteiger partial charge in [0.15, 0.2) is 0 Å². The van der Waals surface area contributed by atoms with Gasteiger partial charge < -0.3 is 10.0 Å². The average Bonchev–Trinajstić information content (AvgIpc) is 3.00. The van der Waals surface area contributed by atoms with Crippen LogP contribution >= 0.6 is 15.9 Å². The zero-order valence-electron chi connectivity index (χ0n) is 12.1. The number of nitrogens with zero attached hydrogens (tertiary/aromatic N) is 3. The fourth-order valence-electron chi connectivity index (χ4n) is 2.80. The molecule has 2 heterocycles. The zero-order chi connectivity index (χ0) is 16.6. The summed E-state index contributed by atoms with van der Waals surface area (Å²) < 4.78 is 1.97. The first-order valence-corrected chi connectivity index (χ1v) is 7.93. The maximum Gasteiger partial charge on any atom is 0.326 e. The molecule has 1 saturated heterocycles. The molecule has 0 bridgehead atoms. The fourth-order valence-corrected chi connectivity index (χ4v) is 3.16. The van der Waals surface area contributed by atoms with E-state index in [-0.39, 0.29) is 18.0 Å². The number of carboxylic acid groups (broad SMARTS) is 1. The molecule has 0 aliphatic carbocycles. The van der Waals surface area contributed by atoms with Gasteiger partial charge >= 0.3 is 5.97 Å². The van der Waals surface area contributed by atoms with Gasteiger partial charge in [-0.25, -0.2) is 9.78 Å². The van der Waals surface area contributed by atoms with Crippen LogP contribution in [0.5, 0.6) is 0 Å². The van der Waals surface area contributed by atoms with E-state index < -0.39 is 12.0 Å². The topological polar surface area (TPSA) is 92.5 Å². The smallest absolute Gasteiger partial charge is 0.326 e. The maximum absolute atomic E-state index is 12.5. The number of fused-ring (bicyclic) bond motifs is 1. The van der Waals surface area contributed by atoms with Crippen molar-refractivity contribution in [1.29, 1.82) is 0 Å². The number of aliphatic carboxylic acids is 1. The Morgan fingerprint density at radius 2 is 2.17 bits per heavy atom. The van der Waals surface area contributed by atoms with Crippen LogP contribution in [-0.4, -0.2) is 44.0 Å². The Kier molecular flexibility index (Phi) is 4.16. The molecule has 2 aromatic rings. The van der Waals surface area contributed by atoms with Crippen molar-refractivity contribution in [3.8, 4) is 0 Å². The number of amides is 1. The van der Waals surface area contributed by atoms with E-state index in [1.165, 1.54) is 15.8 Å². The van der Waals surface area contributed by atoms with Gasteiger partial charge in [-0.2, -0.15) is 0 Å². The van der Waals surface area contributed by atoms with Crippen LogP contribution in [-0.2, 0) is 16.1 Å². The number of aromatic nitrogens is 2. The lowest BCUT2D eigenvalue weighted by molar-refractivity contribution is -0.148. The molecule has 0 unspecified atom stereocenters. The molecule has 1 atom stereocenters. The minimum Gasteiger partial charge on any atom is -0.480 e. The molecule has 1 fully saturated rings. The molecule has 0 saturated carbocycles. The molecule has 1 aromatic heterocycles. The molecule has 3 rings (SSSR count). The lowest BCUT2D eigenvalue weighted by Gasteiger charge is -2.21. The number of hydrogen-bond acceptors (Lipinski definition) is 4. The van der Waals surface area contributed by atoms with Crippen LogP contribution in [0, 0.1) is 0 Å². The van der Waals surface area contributed by atoms with Crippen molar-refractivity contribution >= 4 is 38.7 Å². The summed E-state index contributed by atoms with van der Waals surface area (Å²) in [5, 5.41) is 9.55. The first-order valence-electron chi connectivity index (χ1n) is 7.14. The van der Waals surface area contributed by atoms with Crippen molar-refractivity contribution in [2.24, 2.45) is 0 Å². The minimum atomic E-state index is -1.01. The third kappa shape index (κ3) is 2.98. The molecule has 120 valence electrons. The number of likely N-dealkylation sites (tertiary alicyclic amines) is 1. The van der Waals surface area contributed by atoms with Gasteiger partial charge in [-0.05, 0) is 31.0 Å². The van der Waals surface area contributed by atoms with E-state index in [1.54, 1.807) is 18.2 Å². The van der Waals surface area contributed by atoms with Crippen LogP contribution in [0.1, 0.15) is 12.8 Å². The summed E-state index contributed by atoms with van der Waals surface area (Å²) in [6.45, 7) is 0.190. The molecular formula is C15H14BrN3O4. The number of benzene rings is 1. The van der Waals surface area contributed by atoms with Gasteiger partial charge in [0, 0.05) is 11.0 Å².